The molecule has 0 bridgehead atoms. The van der Waals surface area contributed by atoms with Crippen LogP contribution in [-0.2, 0) is 0 Å². The highest BCUT2D eigenvalue weighted by atomic mass is 28.3. The van der Waals surface area contributed by atoms with Crippen LogP contribution in [0.2, 0.25) is 18.6 Å². The van der Waals surface area contributed by atoms with Crippen LogP contribution in [0.3, 0.4) is 0 Å². The molecule has 0 radical (unpaired) electrons. The molecule has 1 aliphatic carbocycles. The number of rotatable bonds is 3. The summed E-state index contributed by atoms with van der Waals surface area (Å²) >= 11 is 0. The van der Waals surface area contributed by atoms with Crippen LogP contribution >= 0.6 is 0 Å². The third kappa shape index (κ3) is 2.08. The molecule has 0 amide bonds. The molecule has 1 fully saturated rings. The lowest BCUT2D eigenvalue weighted by atomic mass is 9.86. The van der Waals surface area contributed by atoms with Crippen molar-refractivity contribution in [3.63, 3.8) is 0 Å². The monoisotopic (exact) mass is 212 g/mol. The smallest absolute Gasteiger partial charge is 0.0343 e. The van der Waals surface area contributed by atoms with Gasteiger partial charge in [0.1, 0.15) is 0 Å². The molecule has 5 atom stereocenters. The molecule has 0 aromatic carbocycles. The maximum absolute atomic E-state index is 2.54. The number of hydrogen-bond acceptors (Lipinski definition) is 0. The van der Waals surface area contributed by atoms with Crippen LogP contribution < -0.4 is 0 Å². The summed E-state index contributed by atoms with van der Waals surface area (Å²) in [6.45, 7) is 15.0. The lowest BCUT2D eigenvalue weighted by Crippen LogP contribution is -2.20. The molecule has 1 saturated carbocycles. The maximum Gasteiger partial charge on any atom is 0.0343 e. The first-order chi connectivity index (χ1) is 6.50. The third-order valence-electron chi connectivity index (χ3n) is 4.79. The first-order valence-electron chi connectivity index (χ1n) is 6.50. The molecule has 0 aromatic heterocycles. The Bertz CT molecular complexity index is 176. The van der Waals surface area contributed by atoms with Crippen molar-refractivity contribution < 1.29 is 0 Å². The summed E-state index contributed by atoms with van der Waals surface area (Å²) in [5, 5.41) is 0. The molecule has 1 rings (SSSR count). The highest BCUT2D eigenvalue weighted by molar-refractivity contribution is 6.57. The minimum Gasteiger partial charge on any atom is -0.0720 e. The second-order valence-electron chi connectivity index (χ2n) is 5.85. The van der Waals surface area contributed by atoms with Gasteiger partial charge in [-0.15, -0.1) is 0 Å². The predicted molar refractivity (Wildman–Crippen MR) is 68.5 cm³/mol. The van der Waals surface area contributed by atoms with E-state index in [-0.39, 0.29) is 0 Å². The Hall–Kier alpha value is 0.217. The molecule has 0 saturated heterocycles. The van der Waals surface area contributed by atoms with Gasteiger partial charge in [-0.3, -0.25) is 0 Å². The van der Waals surface area contributed by atoms with Crippen molar-refractivity contribution in [1.29, 1.82) is 0 Å². The highest BCUT2D eigenvalue weighted by Crippen LogP contribution is 2.52. The van der Waals surface area contributed by atoms with Crippen LogP contribution in [-0.4, -0.2) is 8.80 Å². The van der Waals surface area contributed by atoms with Gasteiger partial charge < -0.3 is 0 Å². The van der Waals surface area contributed by atoms with Crippen LogP contribution in [0.15, 0.2) is 0 Å². The van der Waals surface area contributed by atoms with Crippen LogP contribution in [0.5, 0.6) is 0 Å². The maximum atomic E-state index is 2.54. The van der Waals surface area contributed by atoms with E-state index in [2.05, 4.69) is 40.8 Å². The fourth-order valence-electron chi connectivity index (χ4n) is 4.06. The molecule has 0 aromatic rings. The first-order valence-corrected chi connectivity index (χ1v) is 9.48. The van der Waals surface area contributed by atoms with Crippen molar-refractivity contribution in [3.8, 4) is 0 Å². The van der Waals surface area contributed by atoms with Gasteiger partial charge >= 0.3 is 0 Å². The van der Waals surface area contributed by atoms with Crippen LogP contribution in [0.25, 0.3) is 0 Å². The zero-order valence-electron chi connectivity index (χ0n) is 10.9. The average Bonchev–Trinajstić information content (AvgIpc) is 2.30. The Labute approximate surface area is 92.1 Å². The SMILES string of the molecule is CCC[C@@H]1C(C)C(C)C([SiH](C)C)C1C. The van der Waals surface area contributed by atoms with E-state index in [9.17, 15) is 0 Å². The fraction of sp³-hybridized carbons (Fsp3) is 1.00. The van der Waals surface area contributed by atoms with E-state index >= 15 is 0 Å². The minimum absolute atomic E-state index is 0.441. The zero-order chi connectivity index (χ0) is 10.9. The van der Waals surface area contributed by atoms with Crippen molar-refractivity contribution in [2.75, 3.05) is 0 Å². The third-order valence-corrected chi connectivity index (χ3v) is 7.54. The summed E-state index contributed by atoms with van der Waals surface area (Å²) in [7, 11) is -0.441. The highest BCUT2D eigenvalue weighted by Gasteiger charge is 2.44. The van der Waals surface area contributed by atoms with Crippen molar-refractivity contribution in [1.82, 2.24) is 0 Å². The Morgan fingerprint density at radius 2 is 1.50 bits per heavy atom. The summed E-state index contributed by atoms with van der Waals surface area (Å²) in [6.07, 6.45) is 2.84. The van der Waals surface area contributed by atoms with E-state index in [1.807, 2.05) is 0 Å². The molecule has 1 aliphatic rings. The summed E-state index contributed by atoms with van der Waals surface area (Å²) in [4.78, 5) is 0. The first kappa shape index (κ1) is 12.3. The molecule has 14 heavy (non-hydrogen) atoms. The van der Waals surface area contributed by atoms with E-state index in [1.165, 1.54) is 12.8 Å². The summed E-state index contributed by atoms with van der Waals surface area (Å²) < 4.78 is 0. The molecule has 0 spiro atoms. The van der Waals surface area contributed by atoms with E-state index in [0.717, 1.165) is 29.2 Å². The van der Waals surface area contributed by atoms with Gasteiger partial charge in [0.25, 0.3) is 0 Å². The van der Waals surface area contributed by atoms with Gasteiger partial charge in [0, 0.05) is 8.80 Å². The van der Waals surface area contributed by atoms with Crippen molar-refractivity contribution in [3.05, 3.63) is 0 Å². The minimum atomic E-state index is -0.441. The molecule has 1 heteroatoms. The van der Waals surface area contributed by atoms with Crippen molar-refractivity contribution >= 4 is 8.80 Å². The average molecular weight is 212 g/mol. The normalized spacial score (nSPS) is 43.5. The molecule has 84 valence electrons. The molecule has 0 heterocycles. The zero-order valence-corrected chi connectivity index (χ0v) is 12.0. The molecular weight excluding hydrogens is 184 g/mol. The van der Waals surface area contributed by atoms with E-state index in [4.69, 9.17) is 0 Å². The fourth-order valence-corrected chi connectivity index (χ4v) is 7.12. The Balaban J connectivity index is 2.74. The van der Waals surface area contributed by atoms with E-state index in [1.54, 1.807) is 0 Å². The Kier molecular flexibility index (Phi) is 4.24. The molecule has 0 nitrogen and oxygen atoms in total. The largest absolute Gasteiger partial charge is 0.0720 e. The lowest BCUT2D eigenvalue weighted by molar-refractivity contribution is 0.301. The molecule has 0 N–H and O–H groups in total. The topological polar surface area (TPSA) is 0 Å². The second kappa shape index (κ2) is 4.83. The summed E-state index contributed by atoms with van der Waals surface area (Å²) in [5.74, 6) is 4.00. The van der Waals surface area contributed by atoms with Gasteiger partial charge in [0.05, 0.1) is 0 Å². The van der Waals surface area contributed by atoms with Crippen molar-refractivity contribution in [2.45, 2.75) is 59.2 Å². The van der Waals surface area contributed by atoms with E-state index in [0.29, 0.717) is 0 Å². The van der Waals surface area contributed by atoms with Crippen LogP contribution in [0.4, 0.5) is 0 Å². The van der Waals surface area contributed by atoms with Gasteiger partial charge in [-0.1, -0.05) is 53.6 Å². The Morgan fingerprint density at radius 1 is 0.929 bits per heavy atom. The predicted octanol–water partition coefficient (Wildman–Crippen LogP) is 4.18. The van der Waals surface area contributed by atoms with Gasteiger partial charge in [0.2, 0.25) is 0 Å². The lowest BCUT2D eigenvalue weighted by Gasteiger charge is -2.24. The van der Waals surface area contributed by atoms with Crippen LogP contribution in [0, 0.1) is 23.7 Å². The van der Waals surface area contributed by atoms with Gasteiger partial charge in [0.15, 0.2) is 0 Å². The molecular formula is C13H28Si. The Morgan fingerprint density at radius 3 is 1.86 bits per heavy atom. The molecule has 0 aliphatic heterocycles. The number of hydrogen-bond donors (Lipinski definition) is 0. The standard InChI is InChI=1S/C13H28Si/c1-7-8-12-9(2)10(3)13(11(12)4)14(5)6/h9-14H,7-8H2,1-6H3/t9?,10?,11?,12-,13?/m1/s1. The van der Waals surface area contributed by atoms with Crippen molar-refractivity contribution in [2.24, 2.45) is 23.7 Å². The van der Waals surface area contributed by atoms with E-state index < -0.39 is 8.80 Å². The van der Waals surface area contributed by atoms with Gasteiger partial charge in [-0.2, -0.15) is 0 Å². The molecule has 4 unspecified atom stereocenters. The second-order valence-corrected chi connectivity index (χ2v) is 9.11. The summed E-state index contributed by atoms with van der Waals surface area (Å²) in [6, 6.07) is 0. The van der Waals surface area contributed by atoms with Gasteiger partial charge in [-0.25, -0.2) is 0 Å². The quantitative estimate of drug-likeness (QED) is 0.616. The summed E-state index contributed by atoms with van der Waals surface area (Å²) in [5.41, 5.74) is 1.10. The van der Waals surface area contributed by atoms with Crippen LogP contribution in [0.1, 0.15) is 40.5 Å². The van der Waals surface area contributed by atoms with Gasteiger partial charge in [-0.05, 0) is 29.2 Å².